The van der Waals surface area contributed by atoms with E-state index in [0.29, 0.717) is 35.4 Å². The molecule has 0 saturated carbocycles. The summed E-state index contributed by atoms with van der Waals surface area (Å²) in [4.78, 5) is 42.9. The van der Waals surface area contributed by atoms with Gasteiger partial charge in [-0.3, -0.25) is 14.4 Å². The Morgan fingerprint density at radius 2 is 1.97 bits per heavy atom. The van der Waals surface area contributed by atoms with Crippen LogP contribution in [-0.4, -0.2) is 59.4 Å². The zero-order valence-corrected chi connectivity index (χ0v) is 18.7. The van der Waals surface area contributed by atoms with Gasteiger partial charge >= 0.3 is 11.8 Å². The summed E-state index contributed by atoms with van der Waals surface area (Å²) < 4.78 is 33.1. The highest BCUT2D eigenvalue weighted by Gasteiger charge is 2.32. The molecule has 1 saturated heterocycles. The topological polar surface area (TPSA) is 94.7 Å². The van der Waals surface area contributed by atoms with Crippen LogP contribution >= 0.6 is 0 Å². The number of halogens is 2. The highest BCUT2D eigenvalue weighted by Crippen LogP contribution is 2.28. The predicted molar refractivity (Wildman–Crippen MR) is 123 cm³/mol. The van der Waals surface area contributed by atoms with Crippen molar-refractivity contribution < 1.29 is 23.1 Å². The Kier molecular flexibility index (Phi) is 6.49. The number of carbonyl (C=O) groups is 2. The Hall–Kier alpha value is -3.95. The van der Waals surface area contributed by atoms with E-state index in [9.17, 15) is 23.2 Å². The van der Waals surface area contributed by atoms with Crippen LogP contribution in [0.15, 0.2) is 70.4 Å². The fourth-order valence-corrected chi connectivity index (χ4v) is 4.15. The van der Waals surface area contributed by atoms with E-state index in [-0.39, 0.29) is 24.6 Å². The second-order valence-electron chi connectivity index (χ2n) is 8.15. The largest absolute Gasteiger partial charge is 0.491 e. The van der Waals surface area contributed by atoms with Gasteiger partial charge in [0.25, 0.3) is 0 Å². The number of hydrogen-bond donors (Lipinski definition) is 2. The Labute approximate surface area is 194 Å². The minimum Gasteiger partial charge on any atom is -0.491 e. The van der Waals surface area contributed by atoms with E-state index in [4.69, 9.17) is 4.74 Å². The number of ether oxygens (including phenoxy) is 1. The molecule has 1 fully saturated rings. The summed E-state index contributed by atoms with van der Waals surface area (Å²) in [6.07, 6.45) is 2.68. The molecule has 1 aromatic heterocycles. The second-order valence-corrected chi connectivity index (χ2v) is 8.15. The molecule has 2 aliphatic rings. The Morgan fingerprint density at radius 1 is 1.18 bits per heavy atom. The van der Waals surface area contributed by atoms with Crippen molar-refractivity contribution in [3.05, 3.63) is 75.9 Å². The molecule has 0 bridgehead atoms. The van der Waals surface area contributed by atoms with Crippen molar-refractivity contribution in [3.63, 3.8) is 0 Å². The van der Waals surface area contributed by atoms with E-state index in [0.717, 1.165) is 0 Å². The number of hydrogen-bond acceptors (Lipinski definition) is 5. The molecule has 2 aromatic rings. The minimum atomic E-state index is -0.797. The number of rotatable bonds is 3. The Balaban J connectivity index is 1.42. The molecule has 1 atom stereocenters. The van der Waals surface area contributed by atoms with Crippen LogP contribution in [0, 0.1) is 0 Å². The summed E-state index contributed by atoms with van der Waals surface area (Å²) in [5.41, 5.74) is 1.38. The summed E-state index contributed by atoms with van der Waals surface area (Å²) in [5, 5.41) is 3.32. The van der Waals surface area contributed by atoms with E-state index < -0.39 is 29.2 Å². The molecular formula is C24H24F2N4O4. The van der Waals surface area contributed by atoms with Gasteiger partial charge in [-0.2, -0.15) is 0 Å². The molecule has 178 valence electrons. The Morgan fingerprint density at radius 3 is 2.71 bits per heavy atom. The van der Waals surface area contributed by atoms with Gasteiger partial charge in [0.1, 0.15) is 0 Å². The van der Waals surface area contributed by atoms with Crippen LogP contribution in [0.5, 0.6) is 0 Å². The lowest BCUT2D eigenvalue weighted by molar-refractivity contribution is -0.146. The summed E-state index contributed by atoms with van der Waals surface area (Å²) in [6, 6.07) is 7.60. The standard InChI is InChI=1S/C24H24F2N4O4/c1-14-13-29(17-5-6-18(25)22(34-2)19(26)12-17)9-10-30(14)24(33)23(32)27-16-4-7-20-15(11-16)3-8-21(31)28-20/h3-4,6-8,11-12,14H,5,9-10,13H2,1-2H3,(H,27,32)(H,28,31). The number of nitrogens with one attached hydrogen (secondary N) is 2. The second kappa shape index (κ2) is 9.50. The molecule has 1 unspecified atom stereocenters. The molecule has 2 N–H and O–H groups in total. The van der Waals surface area contributed by atoms with E-state index in [1.165, 1.54) is 30.2 Å². The molecule has 8 nitrogen and oxygen atoms in total. The summed E-state index contributed by atoms with van der Waals surface area (Å²) in [5.74, 6) is -3.45. The van der Waals surface area contributed by atoms with Gasteiger partial charge in [-0.25, -0.2) is 8.78 Å². The number of nitrogens with zero attached hydrogens (tertiary/aromatic N) is 2. The zero-order chi connectivity index (χ0) is 24.4. The summed E-state index contributed by atoms with van der Waals surface area (Å²) >= 11 is 0. The summed E-state index contributed by atoms with van der Waals surface area (Å²) in [6.45, 7) is 2.77. The number of aromatic amines is 1. The molecule has 1 aromatic carbocycles. The van der Waals surface area contributed by atoms with E-state index >= 15 is 0 Å². The molecular weight excluding hydrogens is 446 g/mol. The number of amides is 2. The number of benzene rings is 1. The van der Waals surface area contributed by atoms with Crippen molar-refractivity contribution in [2.24, 2.45) is 0 Å². The number of aromatic nitrogens is 1. The number of fused-ring (bicyclic) bond motifs is 1. The fourth-order valence-electron chi connectivity index (χ4n) is 4.15. The van der Waals surface area contributed by atoms with E-state index in [2.05, 4.69) is 10.3 Å². The van der Waals surface area contributed by atoms with Crippen LogP contribution in [0.2, 0.25) is 0 Å². The number of anilines is 1. The van der Waals surface area contributed by atoms with Crippen molar-refractivity contribution in [1.29, 1.82) is 0 Å². The first-order valence-corrected chi connectivity index (χ1v) is 10.8. The number of pyridine rings is 1. The molecule has 1 aliphatic heterocycles. The zero-order valence-electron chi connectivity index (χ0n) is 18.7. The van der Waals surface area contributed by atoms with Gasteiger partial charge in [0, 0.05) is 60.5 Å². The van der Waals surface area contributed by atoms with Gasteiger partial charge in [-0.05, 0) is 43.3 Å². The predicted octanol–water partition coefficient (Wildman–Crippen LogP) is 2.97. The smallest absolute Gasteiger partial charge is 0.313 e. The van der Waals surface area contributed by atoms with Crippen molar-refractivity contribution in [2.75, 3.05) is 32.1 Å². The maximum Gasteiger partial charge on any atom is 0.313 e. The quantitative estimate of drug-likeness (QED) is 0.673. The lowest BCUT2D eigenvalue weighted by atomic mass is 10.1. The highest BCUT2D eigenvalue weighted by atomic mass is 19.1. The van der Waals surface area contributed by atoms with Gasteiger partial charge in [0.05, 0.1) is 7.11 Å². The average molecular weight is 470 g/mol. The number of H-pyrrole nitrogens is 1. The lowest BCUT2D eigenvalue weighted by Crippen LogP contribution is -2.55. The number of allylic oxidation sites excluding steroid dienone is 4. The van der Waals surface area contributed by atoms with Crippen molar-refractivity contribution in [2.45, 2.75) is 19.4 Å². The van der Waals surface area contributed by atoms with Crippen LogP contribution in [0.3, 0.4) is 0 Å². The normalized spacial score (nSPS) is 18.9. The average Bonchev–Trinajstić information content (AvgIpc) is 2.95. The van der Waals surface area contributed by atoms with Crippen LogP contribution in [0.25, 0.3) is 10.9 Å². The summed E-state index contributed by atoms with van der Waals surface area (Å²) in [7, 11) is 1.21. The fraction of sp³-hybridized carbons (Fsp3) is 0.292. The van der Waals surface area contributed by atoms with Crippen molar-refractivity contribution in [3.8, 4) is 0 Å². The van der Waals surface area contributed by atoms with E-state index in [1.54, 1.807) is 31.2 Å². The van der Waals surface area contributed by atoms with Gasteiger partial charge in [-0.15, -0.1) is 0 Å². The Bertz CT molecular complexity index is 1300. The first kappa shape index (κ1) is 23.2. The highest BCUT2D eigenvalue weighted by molar-refractivity contribution is 6.39. The van der Waals surface area contributed by atoms with Gasteiger partial charge < -0.3 is 24.8 Å². The molecule has 10 heteroatoms. The number of carbonyl (C=O) groups excluding carboxylic acids is 2. The molecule has 4 rings (SSSR count). The van der Waals surface area contributed by atoms with Crippen LogP contribution in [0.1, 0.15) is 13.3 Å². The van der Waals surface area contributed by atoms with Crippen molar-refractivity contribution >= 4 is 28.4 Å². The first-order chi connectivity index (χ1) is 16.3. The third-order valence-electron chi connectivity index (χ3n) is 5.89. The van der Waals surface area contributed by atoms with E-state index in [1.807, 2.05) is 4.90 Å². The molecule has 2 amide bonds. The van der Waals surface area contributed by atoms with Crippen molar-refractivity contribution in [1.82, 2.24) is 14.8 Å². The maximum atomic E-state index is 14.3. The van der Waals surface area contributed by atoms with Crippen LogP contribution in [-0.2, 0) is 14.3 Å². The van der Waals surface area contributed by atoms with Gasteiger partial charge in [0.15, 0.2) is 17.4 Å². The van der Waals surface area contributed by atoms with Gasteiger partial charge in [-0.1, -0.05) is 0 Å². The van der Waals surface area contributed by atoms with Crippen LogP contribution in [0.4, 0.5) is 14.5 Å². The monoisotopic (exact) mass is 470 g/mol. The molecule has 1 aliphatic carbocycles. The minimum absolute atomic E-state index is 0.181. The first-order valence-electron chi connectivity index (χ1n) is 10.8. The SMILES string of the molecule is COC1=C(F)C=C(N2CCN(C(=O)C(=O)Nc3ccc4[nH]c(=O)ccc4c3)C(C)C2)CC=C1F. The molecule has 0 spiro atoms. The third kappa shape index (κ3) is 4.70. The van der Waals surface area contributed by atoms with Gasteiger partial charge in [0.2, 0.25) is 5.56 Å². The maximum absolute atomic E-state index is 14.3. The number of piperazine rings is 1. The molecule has 0 radical (unpaired) electrons. The number of methoxy groups -OCH3 is 1. The van der Waals surface area contributed by atoms with Crippen LogP contribution < -0.4 is 10.9 Å². The lowest BCUT2D eigenvalue weighted by Gasteiger charge is -2.41. The molecule has 34 heavy (non-hydrogen) atoms. The molecule has 2 heterocycles. The third-order valence-corrected chi connectivity index (χ3v) is 5.89.